The predicted octanol–water partition coefficient (Wildman–Crippen LogP) is 2.73. The quantitative estimate of drug-likeness (QED) is 0.669. The van der Waals surface area contributed by atoms with E-state index in [1.807, 2.05) is 30.5 Å². The molecule has 2 aromatic heterocycles. The van der Waals surface area contributed by atoms with Crippen LogP contribution in [0.25, 0.3) is 11.3 Å². The Bertz CT molecular complexity index is 368. The zero-order chi connectivity index (χ0) is 8.39. The van der Waals surface area contributed by atoms with Gasteiger partial charge in [0.15, 0.2) is 0 Å². The van der Waals surface area contributed by atoms with Crippen molar-refractivity contribution in [2.45, 2.75) is 0 Å². The van der Waals surface area contributed by atoms with Crippen molar-refractivity contribution < 1.29 is 0 Å². The Morgan fingerprint density at radius 3 is 2.83 bits per heavy atom. The molecule has 0 radical (unpaired) electrons. The van der Waals surface area contributed by atoms with Gasteiger partial charge in [-0.1, -0.05) is 11.6 Å². The van der Waals surface area contributed by atoms with Crippen molar-refractivity contribution in [1.29, 1.82) is 0 Å². The molecule has 2 aromatic rings. The van der Waals surface area contributed by atoms with Crippen LogP contribution < -0.4 is 0 Å². The zero-order valence-corrected chi connectivity index (χ0v) is 7.05. The molecule has 0 bridgehead atoms. The van der Waals surface area contributed by atoms with E-state index < -0.39 is 0 Å². The SMILES string of the molecule is Clc1ncccc1-c1ccc[nH]1. The molecule has 0 spiro atoms. The summed E-state index contributed by atoms with van der Waals surface area (Å²) in [5.41, 5.74) is 1.93. The van der Waals surface area contributed by atoms with Crippen molar-refractivity contribution in [3.05, 3.63) is 41.8 Å². The van der Waals surface area contributed by atoms with E-state index in [0.717, 1.165) is 11.3 Å². The number of hydrogen-bond donors (Lipinski definition) is 1. The number of nitrogens with one attached hydrogen (secondary N) is 1. The Kier molecular flexibility index (Phi) is 1.84. The first kappa shape index (κ1) is 7.37. The lowest BCUT2D eigenvalue weighted by atomic mass is 10.2. The first-order valence-electron chi connectivity index (χ1n) is 3.62. The summed E-state index contributed by atoms with van der Waals surface area (Å²) in [5.74, 6) is 0. The number of aromatic nitrogens is 2. The fourth-order valence-corrected chi connectivity index (χ4v) is 1.31. The minimum absolute atomic E-state index is 0.528. The van der Waals surface area contributed by atoms with Crippen LogP contribution in [0.2, 0.25) is 5.15 Å². The topological polar surface area (TPSA) is 28.7 Å². The van der Waals surface area contributed by atoms with Gasteiger partial charge < -0.3 is 4.98 Å². The van der Waals surface area contributed by atoms with Gasteiger partial charge in [0.05, 0.1) is 0 Å². The van der Waals surface area contributed by atoms with Crippen LogP contribution >= 0.6 is 11.6 Å². The normalized spacial score (nSPS) is 10.1. The Morgan fingerprint density at radius 1 is 1.25 bits per heavy atom. The summed E-state index contributed by atoms with van der Waals surface area (Å²) < 4.78 is 0. The van der Waals surface area contributed by atoms with Gasteiger partial charge >= 0.3 is 0 Å². The maximum atomic E-state index is 5.88. The summed E-state index contributed by atoms with van der Waals surface area (Å²) in [6.07, 6.45) is 3.54. The molecule has 0 aliphatic rings. The van der Waals surface area contributed by atoms with Crippen LogP contribution in [0.1, 0.15) is 0 Å². The van der Waals surface area contributed by atoms with Crippen molar-refractivity contribution in [3.63, 3.8) is 0 Å². The summed E-state index contributed by atoms with van der Waals surface area (Å²) in [6, 6.07) is 7.69. The van der Waals surface area contributed by atoms with Crippen molar-refractivity contribution >= 4 is 11.6 Å². The van der Waals surface area contributed by atoms with Crippen molar-refractivity contribution in [2.24, 2.45) is 0 Å². The molecule has 2 nitrogen and oxygen atoms in total. The molecule has 0 saturated heterocycles. The smallest absolute Gasteiger partial charge is 0.138 e. The van der Waals surface area contributed by atoms with E-state index in [0.29, 0.717) is 5.15 Å². The number of halogens is 1. The molecule has 2 rings (SSSR count). The van der Waals surface area contributed by atoms with Gasteiger partial charge in [-0.2, -0.15) is 0 Å². The second-order valence-electron chi connectivity index (χ2n) is 2.43. The monoisotopic (exact) mass is 178 g/mol. The molecule has 0 atom stereocenters. The minimum atomic E-state index is 0.528. The lowest BCUT2D eigenvalue weighted by molar-refractivity contribution is 1.30. The first-order chi connectivity index (χ1) is 5.88. The van der Waals surface area contributed by atoms with Gasteiger partial charge in [-0.3, -0.25) is 0 Å². The van der Waals surface area contributed by atoms with Gasteiger partial charge in [0.25, 0.3) is 0 Å². The third kappa shape index (κ3) is 1.21. The molecule has 0 aliphatic carbocycles. The molecule has 3 heteroatoms. The van der Waals surface area contributed by atoms with E-state index in [4.69, 9.17) is 11.6 Å². The first-order valence-corrected chi connectivity index (χ1v) is 4.00. The Labute approximate surface area is 75.2 Å². The van der Waals surface area contributed by atoms with Gasteiger partial charge in [-0.05, 0) is 24.3 Å². The van der Waals surface area contributed by atoms with Gasteiger partial charge in [0, 0.05) is 23.7 Å². The summed E-state index contributed by atoms with van der Waals surface area (Å²) in [5, 5.41) is 0.528. The lowest BCUT2D eigenvalue weighted by Crippen LogP contribution is -1.81. The van der Waals surface area contributed by atoms with E-state index >= 15 is 0 Å². The Balaban J connectivity index is 2.55. The molecule has 0 fully saturated rings. The third-order valence-electron chi connectivity index (χ3n) is 1.65. The zero-order valence-electron chi connectivity index (χ0n) is 6.29. The highest BCUT2D eigenvalue weighted by atomic mass is 35.5. The van der Waals surface area contributed by atoms with E-state index in [2.05, 4.69) is 9.97 Å². The van der Waals surface area contributed by atoms with Gasteiger partial charge in [0.2, 0.25) is 0 Å². The Hall–Kier alpha value is -1.28. The summed E-state index contributed by atoms with van der Waals surface area (Å²) in [4.78, 5) is 7.05. The van der Waals surface area contributed by atoms with Crippen LogP contribution in [0, 0.1) is 0 Å². The second-order valence-corrected chi connectivity index (χ2v) is 2.78. The molecular weight excluding hydrogens is 172 g/mol. The van der Waals surface area contributed by atoms with Crippen LogP contribution in [0.4, 0.5) is 0 Å². The van der Waals surface area contributed by atoms with Crippen LogP contribution in [-0.2, 0) is 0 Å². The lowest BCUT2D eigenvalue weighted by Gasteiger charge is -1.98. The van der Waals surface area contributed by atoms with Crippen molar-refractivity contribution in [1.82, 2.24) is 9.97 Å². The highest BCUT2D eigenvalue weighted by molar-refractivity contribution is 6.31. The highest BCUT2D eigenvalue weighted by Gasteiger charge is 2.02. The maximum Gasteiger partial charge on any atom is 0.138 e. The molecule has 0 unspecified atom stereocenters. The number of H-pyrrole nitrogens is 1. The highest BCUT2D eigenvalue weighted by Crippen LogP contribution is 2.23. The number of aromatic amines is 1. The van der Waals surface area contributed by atoms with Gasteiger partial charge in [-0.15, -0.1) is 0 Å². The molecule has 1 N–H and O–H groups in total. The number of hydrogen-bond acceptors (Lipinski definition) is 1. The largest absolute Gasteiger partial charge is 0.361 e. The van der Waals surface area contributed by atoms with Gasteiger partial charge in [-0.25, -0.2) is 4.98 Å². The summed E-state index contributed by atoms with van der Waals surface area (Å²) in [7, 11) is 0. The van der Waals surface area contributed by atoms with Crippen LogP contribution in [0.15, 0.2) is 36.7 Å². The van der Waals surface area contributed by atoms with E-state index in [1.54, 1.807) is 6.20 Å². The average molecular weight is 179 g/mol. The third-order valence-corrected chi connectivity index (χ3v) is 1.95. The summed E-state index contributed by atoms with van der Waals surface area (Å²) in [6.45, 7) is 0. The minimum Gasteiger partial charge on any atom is -0.361 e. The van der Waals surface area contributed by atoms with Crippen molar-refractivity contribution in [2.75, 3.05) is 0 Å². The molecule has 0 amide bonds. The fraction of sp³-hybridized carbons (Fsp3) is 0. The molecular formula is C9H7ClN2. The average Bonchev–Trinajstić information content (AvgIpc) is 2.57. The van der Waals surface area contributed by atoms with E-state index in [9.17, 15) is 0 Å². The van der Waals surface area contributed by atoms with Crippen molar-refractivity contribution in [3.8, 4) is 11.3 Å². The number of rotatable bonds is 1. The van der Waals surface area contributed by atoms with E-state index in [1.165, 1.54) is 0 Å². The second kappa shape index (κ2) is 2.99. The van der Waals surface area contributed by atoms with Crippen LogP contribution in [-0.4, -0.2) is 9.97 Å². The summed E-state index contributed by atoms with van der Waals surface area (Å²) >= 11 is 5.88. The molecule has 2 heterocycles. The van der Waals surface area contributed by atoms with Crippen LogP contribution in [0.3, 0.4) is 0 Å². The molecule has 12 heavy (non-hydrogen) atoms. The predicted molar refractivity (Wildman–Crippen MR) is 49.0 cm³/mol. The molecule has 0 aromatic carbocycles. The van der Waals surface area contributed by atoms with Crippen LogP contribution in [0.5, 0.6) is 0 Å². The Morgan fingerprint density at radius 2 is 2.17 bits per heavy atom. The van der Waals surface area contributed by atoms with E-state index in [-0.39, 0.29) is 0 Å². The maximum absolute atomic E-state index is 5.88. The molecule has 0 aliphatic heterocycles. The standard InChI is InChI=1S/C9H7ClN2/c10-9-7(3-1-6-12-9)8-4-2-5-11-8/h1-6,11H. The molecule has 0 saturated carbocycles. The number of nitrogens with zero attached hydrogens (tertiary/aromatic N) is 1. The fourth-order valence-electron chi connectivity index (χ4n) is 1.08. The molecule has 60 valence electrons. The number of pyridine rings is 1. The van der Waals surface area contributed by atoms with Gasteiger partial charge in [0.1, 0.15) is 5.15 Å².